The largest absolute Gasteiger partial charge is 0.378 e. The number of benzene rings is 2. The maximum Gasteiger partial charge on any atom is 0.265 e. The number of halogens is 2. The van der Waals surface area contributed by atoms with E-state index in [9.17, 15) is 14.7 Å². The second kappa shape index (κ2) is 6.53. The van der Waals surface area contributed by atoms with Gasteiger partial charge in [0.25, 0.3) is 11.8 Å². The van der Waals surface area contributed by atoms with Gasteiger partial charge < -0.3 is 15.7 Å². The number of carbonyl (C=O) groups excluding carboxylic acids is 2. The van der Waals surface area contributed by atoms with Crippen molar-refractivity contribution in [3.63, 3.8) is 0 Å². The number of rotatable bonds is 3. The summed E-state index contributed by atoms with van der Waals surface area (Å²) in [6, 6.07) is 11.8. The van der Waals surface area contributed by atoms with Crippen LogP contribution in [0.1, 0.15) is 11.1 Å². The highest BCUT2D eigenvalue weighted by atomic mass is 35.5. The van der Waals surface area contributed by atoms with Crippen LogP contribution < -0.4 is 10.6 Å². The van der Waals surface area contributed by atoms with Gasteiger partial charge in [-0.2, -0.15) is 4.99 Å². The van der Waals surface area contributed by atoms with Crippen LogP contribution >= 0.6 is 35.0 Å². The molecule has 27 heavy (non-hydrogen) atoms. The van der Waals surface area contributed by atoms with E-state index in [2.05, 4.69) is 4.99 Å². The van der Waals surface area contributed by atoms with Crippen molar-refractivity contribution in [2.75, 3.05) is 4.90 Å². The van der Waals surface area contributed by atoms with E-state index in [0.29, 0.717) is 26.9 Å². The van der Waals surface area contributed by atoms with E-state index in [1.54, 1.807) is 42.5 Å². The zero-order chi connectivity index (χ0) is 19.3. The molecule has 2 aliphatic heterocycles. The molecule has 0 spiro atoms. The summed E-state index contributed by atoms with van der Waals surface area (Å²) >= 11 is 13.1. The second-order valence-electron chi connectivity index (χ2n) is 6.20. The van der Waals surface area contributed by atoms with Gasteiger partial charge >= 0.3 is 0 Å². The van der Waals surface area contributed by atoms with Crippen LogP contribution in [0, 0.1) is 0 Å². The smallest absolute Gasteiger partial charge is 0.265 e. The Bertz CT molecular complexity index is 1010. The zero-order valence-electron chi connectivity index (χ0n) is 13.7. The normalized spacial score (nSPS) is 24.3. The van der Waals surface area contributed by atoms with E-state index in [-0.39, 0.29) is 11.7 Å². The predicted molar refractivity (Wildman–Crippen MR) is 106 cm³/mol. The Morgan fingerprint density at radius 2 is 1.96 bits per heavy atom. The fourth-order valence-electron chi connectivity index (χ4n) is 3.32. The van der Waals surface area contributed by atoms with Crippen molar-refractivity contribution in [3.05, 3.63) is 63.6 Å². The molecule has 0 aromatic heterocycles. The molecule has 2 unspecified atom stereocenters. The lowest BCUT2D eigenvalue weighted by Crippen LogP contribution is -2.49. The van der Waals surface area contributed by atoms with Gasteiger partial charge in [-0.15, -0.1) is 0 Å². The first kappa shape index (κ1) is 18.3. The molecule has 138 valence electrons. The highest BCUT2D eigenvalue weighted by Gasteiger charge is 2.59. The van der Waals surface area contributed by atoms with Crippen molar-refractivity contribution in [2.45, 2.75) is 17.4 Å². The monoisotopic (exact) mass is 421 g/mol. The standard InChI is InChI=1S/C18H13Cl2N3O3S/c19-10-6-5-9(12(20)7-10)8-23-13-4-2-1-3-11(13)18(26,16(23)25)14-15(24)22-17(21)27-14/h1-7,14,26H,8H2,(H2,21,22,24). The molecule has 2 amide bonds. The summed E-state index contributed by atoms with van der Waals surface area (Å²) in [4.78, 5) is 30.6. The van der Waals surface area contributed by atoms with Crippen molar-refractivity contribution in [1.82, 2.24) is 0 Å². The first-order valence-corrected chi connectivity index (χ1v) is 9.58. The van der Waals surface area contributed by atoms with Crippen LogP contribution in [0.25, 0.3) is 0 Å². The molecule has 2 atom stereocenters. The molecule has 2 aromatic carbocycles. The van der Waals surface area contributed by atoms with Crippen molar-refractivity contribution in [2.24, 2.45) is 10.7 Å². The molecular weight excluding hydrogens is 409 g/mol. The highest BCUT2D eigenvalue weighted by molar-refractivity contribution is 8.15. The van der Waals surface area contributed by atoms with Crippen molar-refractivity contribution < 1.29 is 14.7 Å². The summed E-state index contributed by atoms with van der Waals surface area (Å²) in [5.74, 6) is -1.25. The molecule has 0 saturated heterocycles. The van der Waals surface area contributed by atoms with Gasteiger partial charge in [0.15, 0.2) is 10.8 Å². The number of para-hydroxylation sites is 1. The third kappa shape index (κ3) is 2.82. The number of anilines is 1. The van der Waals surface area contributed by atoms with Crippen LogP contribution in [0.5, 0.6) is 0 Å². The van der Waals surface area contributed by atoms with Crippen LogP contribution in [0.4, 0.5) is 5.69 Å². The van der Waals surface area contributed by atoms with Crippen LogP contribution in [-0.2, 0) is 21.7 Å². The summed E-state index contributed by atoms with van der Waals surface area (Å²) < 4.78 is 0. The summed E-state index contributed by atoms with van der Waals surface area (Å²) in [6.45, 7) is 0.121. The van der Waals surface area contributed by atoms with Crippen molar-refractivity contribution in [3.8, 4) is 0 Å². The average Bonchev–Trinajstić information content (AvgIpc) is 3.08. The minimum Gasteiger partial charge on any atom is -0.378 e. The van der Waals surface area contributed by atoms with Gasteiger partial charge in [0.2, 0.25) is 0 Å². The summed E-state index contributed by atoms with van der Waals surface area (Å²) in [5.41, 5.74) is 5.09. The molecule has 0 radical (unpaired) electrons. The van der Waals surface area contributed by atoms with E-state index in [4.69, 9.17) is 28.9 Å². The molecular formula is C18H13Cl2N3O3S. The fraction of sp³-hybridized carbons (Fsp3) is 0.167. The maximum atomic E-state index is 13.3. The molecule has 9 heteroatoms. The van der Waals surface area contributed by atoms with E-state index < -0.39 is 22.7 Å². The van der Waals surface area contributed by atoms with Gasteiger partial charge in [0.1, 0.15) is 5.25 Å². The highest BCUT2D eigenvalue weighted by Crippen LogP contribution is 2.48. The Kier molecular flexibility index (Phi) is 4.43. The van der Waals surface area contributed by atoms with E-state index in [0.717, 1.165) is 11.8 Å². The minimum absolute atomic E-state index is 0.0305. The fourth-order valence-corrected chi connectivity index (χ4v) is 4.73. The van der Waals surface area contributed by atoms with E-state index in [1.807, 2.05) is 0 Å². The average molecular weight is 422 g/mol. The molecule has 0 saturated carbocycles. The number of aliphatic imine (C=N–C) groups is 1. The number of aliphatic hydroxyl groups is 1. The van der Waals surface area contributed by atoms with E-state index >= 15 is 0 Å². The number of nitrogens with zero attached hydrogens (tertiary/aromatic N) is 2. The van der Waals surface area contributed by atoms with Gasteiger partial charge in [-0.05, 0) is 23.8 Å². The lowest BCUT2D eigenvalue weighted by Gasteiger charge is -2.26. The Labute approximate surface area is 169 Å². The first-order valence-electron chi connectivity index (χ1n) is 7.95. The van der Waals surface area contributed by atoms with Gasteiger partial charge in [0.05, 0.1) is 12.2 Å². The molecule has 0 fully saturated rings. The minimum atomic E-state index is -2.05. The third-order valence-electron chi connectivity index (χ3n) is 4.58. The van der Waals surface area contributed by atoms with Gasteiger partial charge in [0, 0.05) is 15.6 Å². The number of carbonyl (C=O) groups is 2. The Morgan fingerprint density at radius 3 is 2.63 bits per heavy atom. The number of nitrogens with two attached hydrogens (primary N) is 1. The number of fused-ring (bicyclic) bond motifs is 1. The maximum absolute atomic E-state index is 13.3. The quantitative estimate of drug-likeness (QED) is 0.793. The number of thioether (sulfide) groups is 1. The number of hydrogen-bond donors (Lipinski definition) is 2. The molecule has 2 aliphatic rings. The second-order valence-corrected chi connectivity index (χ2v) is 8.17. The predicted octanol–water partition coefficient (Wildman–Crippen LogP) is 2.68. The van der Waals surface area contributed by atoms with Crippen LogP contribution in [0.15, 0.2) is 47.5 Å². The molecule has 6 nitrogen and oxygen atoms in total. The molecule has 0 bridgehead atoms. The van der Waals surface area contributed by atoms with Crippen molar-refractivity contribution >= 4 is 57.6 Å². The number of amidine groups is 1. The Hall–Kier alpha value is -2.06. The topological polar surface area (TPSA) is 96.0 Å². The van der Waals surface area contributed by atoms with Gasteiger partial charge in [-0.1, -0.05) is 59.2 Å². The summed E-state index contributed by atoms with van der Waals surface area (Å²) in [6.07, 6.45) is 0. The number of hydrogen-bond acceptors (Lipinski definition) is 5. The van der Waals surface area contributed by atoms with Gasteiger partial charge in [-0.25, -0.2) is 0 Å². The summed E-state index contributed by atoms with van der Waals surface area (Å²) in [5, 5.41) is 11.1. The molecule has 4 rings (SSSR count). The van der Waals surface area contributed by atoms with E-state index in [1.165, 1.54) is 4.90 Å². The lowest BCUT2D eigenvalue weighted by atomic mass is 9.91. The third-order valence-corrected chi connectivity index (χ3v) is 6.28. The number of amides is 2. The first-order chi connectivity index (χ1) is 12.8. The molecule has 3 N–H and O–H groups in total. The SMILES string of the molecule is NC1=NC(=O)C(C2(O)C(=O)N(Cc3ccc(Cl)cc3Cl)c3ccccc32)S1. The van der Waals surface area contributed by atoms with Crippen molar-refractivity contribution in [1.29, 1.82) is 0 Å². The Morgan fingerprint density at radius 1 is 1.22 bits per heavy atom. The molecule has 2 aromatic rings. The lowest BCUT2D eigenvalue weighted by molar-refractivity contribution is -0.140. The van der Waals surface area contributed by atoms with Gasteiger partial charge in [-0.3, -0.25) is 9.59 Å². The zero-order valence-corrected chi connectivity index (χ0v) is 16.1. The Balaban J connectivity index is 1.77. The van der Waals surface area contributed by atoms with Crippen LogP contribution in [0.2, 0.25) is 10.0 Å². The molecule has 2 heterocycles. The molecule has 0 aliphatic carbocycles. The van der Waals surface area contributed by atoms with Crippen LogP contribution in [0.3, 0.4) is 0 Å². The summed E-state index contributed by atoms with van der Waals surface area (Å²) in [7, 11) is 0. The van der Waals surface area contributed by atoms with Crippen LogP contribution in [-0.4, -0.2) is 27.3 Å².